The molecule has 0 aromatic rings. The summed E-state index contributed by atoms with van der Waals surface area (Å²) < 4.78 is 5.53. The van der Waals surface area contributed by atoms with Crippen LogP contribution in [0.5, 0.6) is 0 Å². The van der Waals surface area contributed by atoms with Crippen molar-refractivity contribution in [2.75, 3.05) is 33.3 Å². The Kier molecular flexibility index (Phi) is 9.65. The van der Waals surface area contributed by atoms with Gasteiger partial charge in [0.15, 0.2) is 0 Å². The van der Waals surface area contributed by atoms with Crippen molar-refractivity contribution in [1.29, 1.82) is 0 Å². The molecular formula is C25H47N5O2. The van der Waals surface area contributed by atoms with E-state index in [9.17, 15) is 4.79 Å². The molecule has 2 saturated heterocycles. The molecule has 4 rings (SSSR count). The fourth-order valence-electron chi connectivity index (χ4n) is 6.43. The summed E-state index contributed by atoms with van der Waals surface area (Å²) in [7, 11) is 1.85. The van der Waals surface area contributed by atoms with Crippen LogP contribution in [0.15, 0.2) is 0 Å². The lowest BCUT2D eigenvalue weighted by Crippen LogP contribution is -2.63. The van der Waals surface area contributed by atoms with Crippen molar-refractivity contribution in [3.05, 3.63) is 0 Å². The number of rotatable bonds is 8. The van der Waals surface area contributed by atoms with Gasteiger partial charge in [-0.2, -0.15) is 0 Å². The zero-order chi connectivity index (χ0) is 22.2. The minimum atomic E-state index is 0.160. The fraction of sp³-hybridized carbons (Fsp3) is 0.960. The standard InChI is InChI=1S/C25H47N5O2/c1-32-23-10-8-18(9-11-23)20-16-28-25(29-17-20)30-22-7-4-5-19(15-22)24(31)27-14-12-21-6-2-3-13-26-21/h18-23,25-26,28-30H,2-17H2,1H3,(H,27,31). The second kappa shape index (κ2) is 12.7. The van der Waals surface area contributed by atoms with E-state index in [-0.39, 0.29) is 18.1 Å². The number of ether oxygens (including phenoxy) is 1. The van der Waals surface area contributed by atoms with Crippen LogP contribution in [-0.2, 0) is 9.53 Å². The predicted octanol–water partition coefficient (Wildman–Crippen LogP) is 2.08. The molecule has 1 amide bonds. The van der Waals surface area contributed by atoms with Gasteiger partial charge in [0.1, 0.15) is 6.29 Å². The molecule has 2 saturated carbocycles. The largest absolute Gasteiger partial charge is 0.381 e. The third-order valence-electron chi connectivity index (χ3n) is 8.54. The van der Waals surface area contributed by atoms with Crippen LogP contribution in [0.1, 0.15) is 77.0 Å². The van der Waals surface area contributed by atoms with Gasteiger partial charge in [0.05, 0.1) is 6.10 Å². The Balaban J connectivity index is 1.12. The third kappa shape index (κ3) is 7.13. The average molecular weight is 450 g/mol. The second-order valence-electron chi connectivity index (χ2n) is 10.7. The summed E-state index contributed by atoms with van der Waals surface area (Å²) in [6, 6.07) is 1.00. The van der Waals surface area contributed by atoms with Gasteiger partial charge in [-0.05, 0) is 82.6 Å². The van der Waals surface area contributed by atoms with Crippen molar-refractivity contribution in [1.82, 2.24) is 26.6 Å². The molecule has 32 heavy (non-hydrogen) atoms. The van der Waals surface area contributed by atoms with Crippen LogP contribution >= 0.6 is 0 Å². The molecule has 0 radical (unpaired) electrons. The molecule has 3 atom stereocenters. The highest BCUT2D eigenvalue weighted by Crippen LogP contribution is 2.32. The second-order valence-corrected chi connectivity index (χ2v) is 10.7. The molecule has 4 fully saturated rings. The molecule has 5 N–H and O–H groups in total. The van der Waals surface area contributed by atoms with Gasteiger partial charge in [0.2, 0.25) is 5.91 Å². The Hall–Kier alpha value is -0.730. The molecule has 7 heteroatoms. The van der Waals surface area contributed by atoms with Crippen molar-refractivity contribution < 1.29 is 9.53 Å². The maximum absolute atomic E-state index is 12.7. The lowest BCUT2D eigenvalue weighted by atomic mass is 9.78. The molecule has 3 unspecified atom stereocenters. The molecule has 0 aromatic heterocycles. The van der Waals surface area contributed by atoms with Crippen LogP contribution in [-0.4, -0.2) is 63.7 Å². The van der Waals surface area contributed by atoms with Gasteiger partial charge in [-0.3, -0.25) is 20.7 Å². The van der Waals surface area contributed by atoms with E-state index >= 15 is 0 Å². The SMILES string of the molecule is COC1CCC(C2CNC(NC3CCCC(C(=O)NCCC4CCCCN4)C3)NC2)CC1. The number of hydrogen-bond acceptors (Lipinski definition) is 6. The first-order valence-corrected chi connectivity index (χ1v) is 13.5. The highest BCUT2D eigenvalue weighted by Gasteiger charge is 2.33. The fourth-order valence-corrected chi connectivity index (χ4v) is 6.43. The zero-order valence-electron chi connectivity index (χ0n) is 20.2. The quantitative estimate of drug-likeness (QED) is 0.390. The first-order valence-electron chi connectivity index (χ1n) is 13.5. The van der Waals surface area contributed by atoms with E-state index in [2.05, 4.69) is 26.6 Å². The van der Waals surface area contributed by atoms with Crippen LogP contribution in [0.3, 0.4) is 0 Å². The van der Waals surface area contributed by atoms with Crippen molar-refractivity contribution in [2.24, 2.45) is 17.8 Å². The first-order chi connectivity index (χ1) is 15.7. The van der Waals surface area contributed by atoms with Crippen LogP contribution < -0.4 is 26.6 Å². The number of carbonyl (C=O) groups is 1. The van der Waals surface area contributed by atoms with E-state index in [0.29, 0.717) is 18.2 Å². The van der Waals surface area contributed by atoms with Gasteiger partial charge in [0, 0.05) is 44.7 Å². The van der Waals surface area contributed by atoms with Crippen molar-refractivity contribution >= 4 is 5.91 Å². The summed E-state index contributed by atoms with van der Waals surface area (Å²) >= 11 is 0. The van der Waals surface area contributed by atoms with Crippen molar-refractivity contribution in [2.45, 2.75) is 102 Å². The smallest absolute Gasteiger partial charge is 0.223 e. The van der Waals surface area contributed by atoms with E-state index in [4.69, 9.17) is 4.74 Å². The molecule has 0 spiro atoms. The van der Waals surface area contributed by atoms with Gasteiger partial charge >= 0.3 is 0 Å². The number of methoxy groups -OCH3 is 1. The highest BCUT2D eigenvalue weighted by molar-refractivity contribution is 5.78. The molecular weight excluding hydrogens is 402 g/mol. The molecule has 4 aliphatic rings. The van der Waals surface area contributed by atoms with Gasteiger partial charge in [-0.15, -0.1) is 0 Å². The predicted molar refractivity (Wildman–Crippen MR) is 128 cm³/mol. The number of nitrogens with one attached hydrogen (secondary N) is 5. The summed E-state index contributed by atoms with van der Waals surface area (Å²) in [6.07, 6.45) is 14.9. The topological polar surface area (TPSA) is 86.5 Å². The van der Waals surface area contributed by atoms with E-state index in [1.807, 2.05) is 7.11 Å². The summed E-state index contributed by atoms with van der Waals surface area (Å²) in [5, 5.41) is 17.9. The van der Waals surface area contributed by atoms with Gasteiger partial charge < -0.3 is 15.4 Å². The van der Waals surface area contributed by atoms with Crippen molar-refractivity contribution in [3.8, 4) is 0 Å². The Morgan fingerprint density at radius 3 is 2.44 bits per heavy atom. The Morgan fingerprint density at radius 1 is 0.906 bits per heavy atom. The van der Waals surface area contributed by atoms with E-state index in [1.165, 1.54) is 51.4 Å². The minimum Gasteiger partial charge on any atom is -0.381 e. The summed E-state index contributed by atoms with van der Waals surface area (Å²) in [6.45, 7) is 4.11. The number of carbonyl (C=O) groups excluding carboxylic acids is 1. The third-order valence-corrected chi connectivity index (χ3v) is 8.54. The normalized spacial score (nSPS) is 38.8. The lowest BCUT2D eigenvalue weighted by Gasteiger charge is -2.40. The van der Waals surface area contributed by atoms with Crippen LogP contribution in [0.2, 0.25) is 0 Å². The number of hydrogen-bond donors (Lipinski definition) is 5. The van der Waals surface area contributed by atoms with Gasteiger partial charge in [-0.25, -0.2) is 0 Å². The molecule has 2 aliphatic heterocycles. The van der Waals surface area contributed by atoms with Crippen LogP contribution in [0, 0.1) is 17.8 Å². The lowest BCUT2D eigenvalue weighted by molar-refractivity contribution is -0.126. The average Bonchev–Trinajstić information content (AvgIpc) is 2.85. The Morgan fingerprint density at radius 2 is 1.72 bits per heavy atom. The van der Waals surface area contributed by atoms with Gasteiger partial charge in [0.25, 0.3) is 0 Å². The first kappa shape index (κ1) is 24.4. The maximum Gasteiger partial charge on any atom is 0.223 e. The molecule has 2 aliphatic carbocycles. The molecule has 2 heterocycles. The monoisotopic (exact) mass is 449 g/mol. The van der Waals surface area contributed by atoms with Gasteiger partial charge in [-0.1, -0.05) is 12.8 Å². The summed E-state index contributed by atoms with van der Waals surface area (Å²) in [5.74, 6) is 1.96. The molecule has 0 aromatic carbocycles. The Labute approximate surface area is 194 Å². The highest BCUT2D eigenvalue weighted by atomic mass is 16.5. The maximum atomic E-state index is 12.7. The van der Waals surface area contributed by atoms with Crippen molar-refractivity contribution in [3.63, 3.8) is 0 Å². The van der Waals surface area contributed by atoms with Crippen LogP contribution in [0.4, 0.5) is 0 Å². The van der Waals surface area contributed by atoms with Crippen LogP contribution in [0.25, 0.3) is 0 Å². The molecule has 184 valence electrons. The zero-order valence-corrected chi connectivity index (χ0v) is 20.2. The minimum absolute atomic E-state index is 0.160. The van der Waals surface area contributed by atoms with E-state index in [0.717, 1.165) is 63.7 Å². The van der Waals surface area contributed by atoms with E-state index in [1.54, 1.807) is 0 Å². The molecule has 0 bridgehead atoms. The summed E-state index contributed by atoms with van der Waals surface area (Å²) in [4.78, 5) is 12.7. The van der Waals surface area contributed by atoms with E-state index < -0.39 is 0 Å². The molecule has 7 nitrogen and oxygen atoms in total. The number of piperidine rings is 1. The Bertz CT molecular complexity index is 555. The number of amides is 1. The summed E-state index contributed by atoms with van der Waals surface area (Å²) in [5.41, 5.74) is 0.